The van der Waals surface area contributed by atoms with E-state index in [9.17, 15) is 14.7 Å². The quantitative estimate of drug-likeness (QED) is 0.258. The number of methoxy groups -OCH3 is 1. The first-order valence-corrected chi connectivity index (χ1v) is 11.5. The normalized spacial score (nSPS) is 13.7. The van der Waals surface area contributed by atoms with Gasteiger partial charge in [0.15, 0.2) is 11.5 Å². The third-order valence-corrected chi connectivity index (χ3v) is 5.18. The Labute approximate surface area is 209 Å². The molecule has 192 valence electrons. The molecule has 1 heterocycles. The fraction of sp³-hybridized carbons (Fsp3) is 0.360. The molecule has 11 heteroatoms. The monoisotopic (exact) mass is 497 g/mol. The van der Waals surface area contributed by atoms with Crippen LogP contribution in [0.25, 0.3) is 0 Å². The van der Waals surface area contributed by atoms with Crippen molar-refractivity contribution in [1.82, 2.24) is 16.1 Å². The van der Waals surface area contributed by atoms with E-state index in [2.05, 4.69) is 26.2 Å². The van der Waals surface area contributed by atoms with Gasteiger partial charge in [0.05, 0.1) is 20.3 Å². The molecular formula is C25H31N5O6. The number of nitrogens with zero attached hydrogens (tertiary/aromatic N) is 2. The number of carbonyl (C=O) groups excluding carboxylic acids is 1. The first-order valence-electron chi connectivity index (χ1n) is 11.5. The summed E-state index contributed by atoms with van der Waals surface area (Å²) in [7, 11) is 1.53. The maximum Gasteiger partial charge on any atom is 0.408 e. The van der Waals surface area contributed by atoms with Crippen molar-refractivity contribution >= 4 is 23.7 Å². The van der Waals surface area contributed by atoms with Crippen LogP contribution in [0.2, 0.25) is 0 Å². The number of amides is 1. The predicted octanol–water partition coefficient (Wildman–Crippen LogP) is 2.31. The standard InChI is InChI=1S/C25H31N5O6/c1-17(29-30-24-26-11-12-27-24)14-19-8-9-21(22(15-19)34-2)35-13-10-20(23(31)32)28-25(33)36-16-18-6-4-3-5-7-18/h3-9,15,20H,10-14,16H2,1-2H3,(H,28,33)(H,31,32)(H2,26,27,30)/b29-17+. The van der Waals surface area contributed by atoms with Gasteiger partial charge in [0.2, 0.25) is 5.96 Å². The third-order valence-electron chi connectivity index (χ3n) is 5.18. The van der Waals surface area contributed by atoms with Gasteiger partial charge in [0.25, 0.3) is 0 Å². The van der Waals surface area contributed by atoms with E-state index in [0.29, 0.717) is 23.9 Å². The highest BCUT2D eigenvalue weighted by atomic mass is 16.5. The summed E-state index contributed by atoms with van der Waals surface area (Å²) in [5, 5.41) is 19.2. The molecule has 0 radical (unpaired) electrons. The number of alkyl carbamates (subject to hydrolysis) is 1. The number of carboxylic acid groups (broad SMARTS) is 1. The third kappa shape index (κ3) is 8.49. The molecule has 11 nitrogen and oxygen atoms in total. The van der Waals surface area contributed by atoms with Gasteiger partial charge in [-0.1, -0.05) is 36.4 Å². The molecule has 1 atom stereocenters. The number of aliphatic imine (C=N–C) groups is 1. The van der Waals surface area contributed by atoms with Crippen LogP contribution < -0.4 is 25.5 Å². The van der Waals surface area contributed by atoms with Gasteiger partial charge in [0, 0.05) is 25.1 Å². The lowest BCUT2D eigenvalue weighted by molar-refractivity contribution is -0.139. The van der Waals surface area contributed by atoms with Crippen LogP contribution >= 0.6 is 0 Å². The Kier molecular flexibility index (Phi) is 9.92. The van der Waals surface area contributed by atoms with Gasteiger partial charge in [-0.25, -0.2) is 20.0 Å². The van der Waals surface area contributed by atoms with Gasteiger partial charge in [-0.15, -0.1) is 0 Å². The van der Waals surface area contributed by atoms with Crippen LogP contribution in [-0.4, -0.2) is 61.7 Å². The topological polar surface area (TPSA) is 143 Å². The average molecular weight is 498 g/mol. The van der Waals surface area contributed by atoms with E-state index in [1.165, 1.54) is 7.11 Å². The van der Waals surface area contributed by atoms with Gasteiger partial charge in [-0.2, -0.15) is 5.10 Å². The fourth-order valence-electron chi connectivity index (χ4n) is 3.35. The van der Waals surface area contributed by atoms with E-state index in [1.54, 1.807) is 6.07 Å². The molecule has 0 spiro atoms. The molecule has 4 N–H and O–H groups in total. The summed E-state index contributed by atoms with van der Waals surface area (Å²) in [6.07, 6.45) is -0.182. The molecule has 0 bridgehead atoms. The van der Waals surface area contributed by atoms with Crippen LogP contribution in [0.4, 0.5) is 4.79 Å². The van der Waals surface area contributed by atoms with Gasteiger partial charge < -0.3 is 30.0 Å². The van der Waals surface area contributed by atoms with Crippen molar-refractivity contribution in [3.63, 3.8) is 0 Å². The van der Waals surface area contributed by atoms with Gasteiger partial charge in [-0.3, -0.25) is 0 Å². The summed E-state index contributed by atoms with van der Waals surface area (Å²) in [5.74, 6) is 0.459. The lowest BCUT2D eigenvalue weighted by Crippen LogP contribution is -2.42. The van der Waals surface area contributed by atoms with Gasteiger partial charge >= 0.3 is 12.1 Å². The minimum absolute atomic E-state index is 0.0377. The summed E-state index contributed by atoms with van der Waals surface area (Å²) in [6.45, 7) is 3.54. The zero-order valence-electron chi connectivity index (χ0n) is 20.3. The number of ether oxygens (including phenoxy) is 3. The number of benzene rings is 2. The molecule has 1 unspecified atom stereocenters. The largest absolute Gasteiger partial charge is 0.493 e. The van der Waals surface area contributed by atoms with Crippen molar-refractivity contribution in [2.75, 3.05) is 26.8 Å². The number of hydrogen-bond acceptors (Lipinski definition) is 9. The van der Waals surface area contributed by atoms with Crippen LogP contribution in [0.3, 0.4) is 0 Å². The molecular weight excluding hydrogens is 466 g/mol. The smallest absolute Gasteiger partial charge is 0.408 e. The molecule has 0 saturated heterocycles. The first kappa shape index (κ1) is 26.3. The Morgan fingerprint density at radius 2 is 1.97 bits per heavy atom. The molecule has 0 fully saturated rings. The number of nitrogens with one attached hydrogen (secondary N) is 3. The van der Waals surface area contributed by atoms with Crippen molar-refractivity contribution in [2.24, 2.45) is 10.1 Å². The van der Waals surface area contributed by atoms with Gasteiger partial charge in [0.1, 0.15) is 12.6 Å². The lowest BCUT2D eigenvalue weighted by atomic mass is 10.1. The van der Waals surface area contributed by atoms with E-state index in [4.69, 9.17) is 14.2 Å². The van der Waals surface area contributed by atoms with Crippen LogP contribution in [0.1, 0.15) is 24.5 Å². The Bertz CT molecular complexity index is 1090. The van der Waals surface area contributed by atoms with E-state index in [0.717, 1.165) is 29.9 Å². The SMILES string of the molecule is COc1cc(C/C(C)=N/NC2=NCCN2)ccc1OCCC(NC(=O)OCc1ccccc1)C(=O)O. The molecule has 2 aromatic carbocycles. The molecule has 1 amide bonds. The van der Waals surface area contributed by atoms with Crippen LogP contribution in [0, 0.1) is 0 Å². The van der Waals surface area contributed by atoms with E-state index in [1.807, 2.05) is 49.4 Å². The maximum atomic E-state index is 12.0. The highest BCUT2D eigenvalue weighted by Crippen LogP contribution is 2.28. The second-order valence-electron chi connectivity index (χ2n) is 8.01. The number of hydrogen-bond donors (Lipinski definition) is 4. The Morgan fingerprint density at radius 1 is 1.17 bits per heavy atom. The molecule has 1 aliphatic heterocycles. The zero-order valence-corrected chi connectivity index (χ0v) is 20.3. The lowest BCUT2D eigenvalue weighted by Gasteiger charge is -2.16. The van der Waals surface area contributed by atoms with Crippen LogP contribution in [0.5, 0.6) is 11.5 Å². The minimum Gasteiger partial charge on any atom is -0.493 e. The first-order chi connectivity index (χ1) is 17.4. The summed E-state index contributed by atoms with van der Waals surface area (Å²) < 4.78 is 16.3. The zero-order chi connectivity index (χ0) is 25.8. The average Bonchev–Trinajstić information content (AvgIpc) is 3.40. The second kappa shape index (κ2) is 13.6. The van der Waals surface area contributed by atoms with Crippen molar-refractivity contribution in [2.45, 2.75) is 32.4 Å². The molecule has 0 aromatic heterocycles. The summed E-state index contributed by atoms with van der Waals surface area (Å²) in [4.78, 5) is 27.8. The van der Waals surface area contributed by atoms with E-state index >= 15 is 0 Å². The molecule has 1 aliphatic rings. The number of carbonyl (C=O) groups is 2. The van der Waals surface area contributed by atoms with Gasteiger partial charge in [-0.05, 0) is 30.2 Å². The van der Waals surface area contributed by atoms with E-state index in [-0.39, 0.29) is 19.6 Å². The Balaban J connectivity index is 1.48. The number of carboxylic acids is 1. The van der Waals surface area contributed by atoms with Crippen LogP contribution in [0.15, 0.2) is 58.6 Å². The summed E-state index contributed by atoms with van der Waals surface area (Å²) >= 11 is 0. The highest BCUT2D eigenvalue weighted by Gasteiger charge is 2.21. The maximum absolute atomic E-state index is 12.0. The van der Waals surface area contributed by atoms with Crippen molar-refractivity contribution in [1.29, 1.82) is 0 Å². The molecule has 0 aliphatic carbocycles. The van der Waals surface area contributed by atoms with Crippen LogP contribution in [-0.2, 0) is 22.6 Å². The molecule has 3 rings (SSSR count). The second-order valence-corrected chi connectivity index (χ2v) is 8.01. The molecule has 2 aromatic rings. The molecule has 0 saturated carbocycles. The van der Waals surface area contributed by atoms with Crippen molar-refractivity contribution < 1.29 is 28.9 Å². The van der Waals surface area contributed by atoms with Crippen molar-refractivity contribution in [3.8, 4) is 11.5 Å². The minimum atomic E-state index is -1.18. The predicted molar refractivity (Wildman–Crippen MR) is 135 cm³/mol. The summed E-state index contributed by atoms with van der Waals surface area (Å²) in [5.41, 5.74) is 5.53. The molecule has 36 heavy (non-hydrogen) atoms. The summed E-state index contributed by atoms with van der Waals surface area (Å²) in [6, 6.07) is 13.4. The highest BCUT2D eigenvalue weighted by molar-refractivity contribution is 5.87. The van der Waals surface area contributed by atoms with E-state index < -0.39 is 18.1 Å². The van der Waals surface area contributed by atoms with Crippen molar-refractivity contribution in [3.05, 3.63) is 59.7 Å². The Morgan fingerprint density at radius 3 is 2.67 bits per heavy atom. The fourth-order valence-corrected chi connectivity index (χ4v) is 3.35. The number of hydrazone groups is 1. The number of guanidine groups is 1. The number of rotatable bonds is 12. The number of aliphatic carboxylic acids is 1. The Hall–Kier alpha value is -4.28.